The number of anilines is 1. The van der Waals surface area contributed by atoms with Crippen molar-refractivity contribution < 1.29 is 42.5 Å². The lowest BCUT2D eigenvalue weighted by Gasteiger charge is -2.20. The van der Waals surface area contributed by atoms with Crippen molar-refractivity contribution in [2.45, 2.75) is 6.41 Å². The van der Waals surface area contributed by atoms with Gasteiger partial charge >= 0.3 is 15.6 Å². The second-order valence-corrected chi connectivity index (χ2v) is 5.64. The zero-order chi connectivity index (χ0) is 15.4. The SMILES string of the molecule is COc1ccc(NC(OP(=O)(O)O)OP(=O)(O)O)nc1. The summed E-state index contributed by atoms with van der Waals surface area (Å²) in [6, 6.07) is 2.76. The molecule has 0 saturated heterocycles. The first-order valence-corrected chi connectivity index (χ1v) is 7.89. The molecular formula is C7H12N2O9P2. The molecule has 20 heavy (non-hydrogen) atoms. The molecule has 114 valence electrons. The summed E-state index contributed by atoms with van der Waals surface area (Å²) in [7, 11) is -8.68. The van der Waals surface area contributed by atoms with Gasteiger partial charge in [-0.15, -0.1) is 0 Å². The van der Waals surface area contributed by atoms with E-state index in [9.17, 15) is 9.13 Å². The van der Waals surface area contributed by atoms with Crippen molar-refractivity contribution in [3.05, 3.63) is 18.3 Å². The number of phosphoric ester groups is 2. The lowest BCUT2D eigenvalue weighted by molar-refractivity contribution is -0.0128. The van der Waals surface area contributed by atoms with Crippen LogP contribution in [-0.4, -0.2) is 38.1 Å². The molecule has 0 aliphatic carbocycles. The fourth-order valence-electron chi connectivity index (χ4n) is 1.03. The number of nitrogens with one attached hydrogen (secondary N) is 1. The Bertz CT molecular complexity index is 500. The number of hydrogen-bond acceptors (Lipinski definition) is 7. The van der Waals surface area contributed by atoms with E-state index < -0.39 is 22.1 Å². The van der Waals surface area contributed by atoms with Crippen LogP contribution in [0.25, 0.3) is 0 Å². The van der Waals surface area contributed by atoms with Gasteiger partial charge in [0.2, 0.25) is 0 Å². The number of hydrogen-bond donors (Lipinski definition) is 5. The first-order valence-electron chi connectivity index (χ1n) is 4.83. The molecule has 0 bridgehead atoms. The van der Waals surface area contributed by atoms with E-state index in [4.69, 9.17) is 24.3 Å². The minimum atomic E-state index is -5.04. The summed E-state index contributed by atoms with van der Waals surface area (Å²) in [5.74, 6) is 0.386. The van der Waals surface area contributed by atoms with Gasteiger partial charge in [0.15, 0.2) is 0 Å². The topological polar surface area (TPSA) is 168 Å². The van der Waals surface area contributed by atoms with Gasteiger partial charge in [0.25, 0.3) is 6.41 Å². The molecule has 0 fully saturated rings. The monoisotopic (exact) mass is 330 g/mol. The molecule has 0 unspecified atom stereocenters. The molecule has 0 aliphatic heterocycles. The van der Waals surface area contributed by atoms with Crippen LogP contribution in [0.2, 0.25) is 0 Å². The van der Waals surface area contributed by atoms with Gasteiger partial charge in [-0.05, 0) is 12.1 Å². The quantitative estimate of drug-likeness (QED) is 0.337. The van der Waals surface area contributed by atoms with Gasteiger partial charge in [0, 0.05) is 0 Å². The average Bonchev–Trinajstić information content (AvgIpc) is 2.25. The van der Waals surface area contributed by atoms with E-state index in [0.717, 1.165) is 0 Å². The number of ether oxygens (including phenoxy) is 1. The van der Waals surface area contributed by atoms with Crippen molar-refractivity contribution in [1.29, 1.82) is 0 Å². The van der Waals surface area contributed by atoms with Gasteiger partial charge in [-0.25, -0.2) is 23.2 Å². The van der Waals surface area contributed by atoms with Crippen molar-refractivity contribution in [2.24, 2.45) is 0 Å². The van der Waals surface area contributed by atoms with Crippen LogP contribution >= 0.6 is 15.6 Å². The van der Waals surface area contributed by atoms with Gasteiger partial charge in [0.05, 0.1) is 13.3 Å². The average molecular weight is 330 g/mol. The van der Waals surface area contributed by atoms with Gasteiger partial charge < -0.3 is 29.6 Å². The Labute approximate surface area is 113 Å². The van der Waals surface area contributed by atoms with Crippen molar-refractivity contribution in [1.82, 2.24) is 4.98 Å². The Kier molecular flexibility index (Phi) is 5.63. The summed E-state index contributed by atoms with van der Waals surface area (Å²) < 4.78 is 34.3. The van der Waals surface area contributed by atoms with Crippen LogP contribution < -0.4 is 10.1 Å². The smallest absolute Gasteiger partial charge is 0.473 e. The predicted molar refractivity (Wildman–Crippen MR) is 64.5 cm³/mol. The minimum absolute atomic E-state index is 0.0160. The minimum Gasteiger partial charge on any atom is -0.495 e. The Morgan fingerprint density at radius 2 is 1.70 bits per heavy atom. The maximum atomic E-state index is 10.7. The molecule has 0 amide bonds. The number of phosphoric acid groups is 2. The first-order chi connectivity index (χ1) is 9.09. The summed E-state index contributed by atoms with van der Waals surface area (Å²) in [4.78, 5) is 38.2. The highest BCUT2D eigenvalue weighted by Crippen LogP contribution is 2.44. The zero-order valence-corrected chi connectivity index (χ0v) is 11.8. The molecule has 0 aliphatic rings. The molecule has 0 aromatic carbocycles. The fourth-order valence-corrected chi connectivity index (χ4v) is 1.79. The summed E-state index contributed by atoms with van der Waals surface area (Å²) in [5, 5.41) is 2.15. The van der Waals surface area contributed by atoms with Gasteiger partial charge in [-0.3, -0.25) is 0 Å². The third-order valence-electron chi connectivity index (χ3n) is 1.70. The molecule has 11 nitrogen and oxygen atoms in total. The highest BCUT2D eigenvalue weighted by molar-refractivity contribution is 7.47. The fraction of sp³-hybridized carbons (Fsp3) is 0.286. The standard InChI is InChI=1S/C7H12N2O9P2/c1-16-5-2-3-6(8-4-5)9-7(17-19(10,11)12)18-20(13,14)15/h2-4,7H,1H3,(H,8,9)(H2,10,11,12)(H2,13,14,15). The summed E-state index contributed by atoms with van der Waals surface area (Å²) in [6.07, 6.45) is -0.841. The van der Waals surface area contributed by atoms with E-state index in [1.165, 1.54) is 25.4 Å². The second kappa shape index (κ2) is 6.61. The maximum Gasteiger partial charge on any atom is 0.473 e. The summed E-state index contributed by atoms with van der Waals surface area (Å²) in [6.45, 7) is 0. The number of methoxy groups -OCH3 is 1. The van der Waals surface area contributed by atoms with Crippen molar-refractivity contribution in [3.8, 4) is 5.75 Å². The third-order valence-corrected chi connectivity index (χ3v) is 2.64. The van der Waals surface area contributed by atoms with Crippen LogP contribution in [-0.2, 0) is 18.2 Å². The van der Waals surface area contributed by atoms with E-state index in [-0.39, 0.29) is 5.82 Å². The number of nitrogens with zero attached hydrogens (tertiary/aromatic N) is 1. The molecule has 0 radical (unpaired) electrons. The normalized spacial score (nSPS) is 12.5. The van der Waals surface area contributed by atoms with Crippen molar-refractivity contribution in [3.63, 3.8) is 0 Å². The van der Waals surface area contributed by atoms with Gasteiger partial charge in [0.1, 0.15) is 11.6 Å². The number of pyridine rings is 1. The highest BCUT2D eigenvalue weighted by atomic mass is 31.2. The molecular weight excluding hydrogens is 318 g/mol. The number of aromatic nitrogens is 1. The molecule has 1 heterocycles. The molecule has 5 N–H and O–H groups in total. The molecule has 0 spiro atoms. The first kappa shape index (κ1) is 17.0. The zero-order valence-electron chi connectivity index (χ0n) is 9.98. The van der Waals surface area contributed by atoms with Crippen molar-refractivity contribution >= 4 is 21.5 Å². The van der Waals surface area contributed by atoms with E-state index in [1.807, 2.05) is 0 Å². The van der Waals surface area contributed by atoms with E-state index in [2.05, 4.69) is 19.3 Å². The molecule has 1 rings (SSSR count). The van der Waals surface area contributed by atoms with Crippen LogP contribution in [0.15, 0.2) is 18.3 Å². The molecule has 0 atom stereocenters. The van der Waals surface area contributed by atoms with Crippen LogP contribution in [0.5, 0.6) is 5.75 Å². The number of rotatable bonds is 7. The van der Waals surface area contributed by atoms with E-state index in [0.29, 0.717) is 5.75 Å². The Balaban J connectivity index is 2.82. The maximum absolute atomic E-state index is 10.7. The summed E-state index contributed by atoms with van der Waals surface area (Å²) in [5.41, 5.74) is 0. The second-order valence-electron chi connectivity index (χ2n) is 3.25. The van der Waals surface area contributed by atoms with Crippen LogP contribution in [0.1, 0.15) is 0 Å². The highest BCUT2D eigenvalue weighted by Gasteiger charge is 2.29. The van der Waals surface area contributed by atoms with Crippen molar-refractivity contribution in [2.75, 3.05) is 12.4 Å². The van der Waals surface area contributed by atoms with Crippen LogP contribution in [0, 0.1) is 0 Å². The van der Waals surface area contributed by atoms with Gasteiger partial charge in [-0.1, -0.05) is 0 Å². The molecule has 0 saturated carbocycles. The lowest BCUT2D eigenvalue weighted by Crippen LogP contribution is -2.25. The van der Waals surface area contributed by atoms with Crippen LogP contribution in [0.3, 0.4) is 0 Å². The Hall–Kier alpha value is -1.03. The third kappa shape index (κ3) is 6.94. The lowest BCUT2D eigenvalue weighted by atomic mass is 10.4. The summed E-state index contributed by atoms with van der Waals surface area (Å²) >= 11 is 0. The van der Waals surface area contributed by atoms with E-state index >= 15 is 0 Å². The predicted octanol–water partition coefficient (Wildman–Crippen LogP) is 0.00430. The molecule has 1 aromatic rings. The van der Waals surface area contributed by atoms with E-state index in [1.54, 1.807) is 0 Å². The van der Waals surface area contributed by atoms with Gasteiger partial charge in [-0.2, -0.15) is 0 Å². The Morgan fingerprint density at radius 3 is 2.05 bits per heavy atom. The Morgan fingerprint density at radius 1 is 1.15 bits per heavy atom. The largest absolute Gasteiger partial charge is 0.495 e. The molecule has 13 heteroatoms. The van der Waals surface area contributed by atoms with Crippen LogP contribution in [0.4, 0.5) is 5.82 Å². The molecule has 1 aromatic heterocycles.